The van der Waals surface area contributed by atoms with E-state index in [1.165, 1.54) is 12.1 Å². The second-order valence-corrected chi connectivity index (χ2v) is 8.34. The molecule has 0 radical (unpaired) electrons. The van der Waals surface area contributed by atoms with Gasteiger partial charge in [-0.25, -0.2) is 9.37 Å². The molecular formula is C23H22FN3O4. The molecule has 0 bridgehead atoms. The number of piperazine rings is 1. The second-order valence-electron chi connectivity index (χ2n) is 8.34. The van der Waals surface area contributed by atoms with Crippen LogP contribution in [-0.4, -0.2) is 63.0 Å². The fraction of sp³-hybridized carbons (Fsp3) is 0.348. The van der Waals surface area contributed by atoms with E-state index in [9.17, 15) is 19.1 Å². The summed E-state index contributed by atoms with van der Waals surface area (Å²) in [5, 5.41) is 10.1. The highest BCUT2D eigenvalue weighted by Gasteiger charge is 2.51. The van der Waals surface area contributed by atoms with E-state index in [1.807, 2.05) is 6.92 Å². The third-order valence-corrected chi connectivity index (χ3v) is 6.03. The summed E-state index contributed by atoms with van der Waals surface area (Å²) in [4.78, 5) is 33.1. The Kier molecular flexibility index (Phi) is 4.55. The Morgan fingerprint density at radius 2 is 1.90 bits per heavy atom. The van der Waals surface area contributed by atoms with Gasteiger partial charge in [-0.15, -0.1) is 0 Å². The van der Waals surface area contributed by atoms with Crippen LogP contribution in [0, 0.1) is 5.82 Å². The molecule has 7 nitrogen and oxygen atoms in total. The number of rotatable bonds is 3. The fourth-order valence-corrected chi connectivity index (χ4v) is 4.00. The minimum Gasteiger partial charge on any atom is -0.436 e. The van der Waals surface area contributed by atoms with Crippen LogP contribution in [0.2, 0.25) is 0 Å². The van der Waals surface area contributed by atoms with Crippen LogP contribution in [0.4, 0.5) is 4.39 Å². The molecule has 1 aromatic heterocycles. The number of fused-ring (bicyclic) bond motifs is 1. The van der Waals surface area contributed by atoms with Gasteiger partial charge in [-0.3, -0.25) is 9.59 Å². The molecular weight excluding hydrogens is 401 g/mol. The highest BCUT2D eigenvalue weighted by Crippen LogP contribution is 2.37. The second kappa shape index (κ2) is 7.16. The van der Waals surface area contributed by atoms with Gasteiger partial charge in [0.1, 0.15) is 16.9 Å². The number of halogens is 1. The van der Waals surface area contributed by atoms with Gasteiger partial charge in [0.15, 0.2) is 5.58 Å². The zero-order valence-electron chi connectivity index (χ0n) is 17.0. The van der Waals surface area contributed by atoms with Gasteiger partial charge in [0.2, 0.25) is 5.89 Å². The average molecular weight is 423 g/mol. The number of oxazole rings is 1. The zero-order valence-corrected chi connectivity index (χ0v) is 17.0. The molecule has 1 saturated carbocycles. The summed E-state index contributed by atoms with van der Waals surface area (Å²) in [7, 11) is 0. The molecule has 2 fully saturated rings. The normalized spacial score (nSPS) is 20.2. The monoisotopic (exact) mass is 423 g/mol. The molecule has 8 heteroatoms. The van der Waals surface area contributed by atoms with Crippen molar-refractivity contribution in [1.29, 1.82) is 0 Å². The number of hydrogen-bond acceptors (Lipinski definition) is 5. The van der Waals surface area contributed by atoms with Crippen LogP contribution in [0.25, 0.3) is 22.6 Å². The van der Waals surface area contributed by atoms with Gasteiger partial charge < -0.3 is 19.3 Å². The fourth-order valence-electron chi connectivity index (χ4n) is 4.00. The Bertz CT molecular complexity index is 1170. The molecule has 2 heterocycles. The van der Waals surface area contributed by atoms with Crippen molar-refractivity contribution >= 4 is 22.9 Å². The highest BCUT2D eigenvalue weighted by molar-refractivity contribution is 5.95. The number of carbonyl (C=O) groups excluding carboxylic acids is 2. The van der Waals surface area contributed by atoms with E-state index in [-0.39, 0.29) is 17.9 Å². The molecule has 1 aliphatic carbocycles. The quantitative estimate of drug-likeness (QED) is 0.700. The van der Waals surface area contributed by atoms with Crippen LogP contribution >= 0.6 is 0 Å². The van der Waals surface area contributed by atoms with Crippen LogP contribution < -0.4 is 0 Å². The third-order valence-electron chi connectivity index (χ3n) is 6.03. The number of benzene rings is 2. The smallest absolute Gasteiger partial charge is 0.254 e. The molecule has 3 aromatic rings. The minimum atomic E-state index is -1.19. The van der Waals surface area contributed by atoms with E-state index >= 15 is 0 Å². The number of aromatic nitrogens is 1. The molecule has 0 spiro atoms. The first-order valence-electron chi connectivity index (χ1n) is 10.3. The number of amides is 2. The molecule has 1 N–H and O–H groups in total. The number of aliphatic hydroxyl groups is 1. The lowest BCUT2D eigenvalue weighted by Crippen LogP contribution is -2.57. The van der Waals surface area contributed by atoms with Gasteiger partial charge in [-0.2, -0.15) is 0 Å². The summed E-state index contributed by atoms with van der Waals surface area (Å²) in [5.41, 5.74) is 0.960. The Balaban J connectivity index is 1.28. The van der Waals surface area contributed by atoms with Crippen molar-refractivity contribution in [1.82, 2.24) is 14.8 Å². The van der Waals surface area contributed by atoms with Gasteiger partial charge in [-0.1, -0.05) is 0 Å². The standard InChI is InChI=1S/C23H22FN3O4/c1-14-13-26(10-11-27(14)22(29)23(30)8-9-23)21(28)16-4-2-15(3-5-16)20-25-18-7-6-17(24)12-19(18)31-20/h2-7,12,14,30H,8-11,13H2,1H3/t14-/m0/s1. The summed E-state index contributed by atoms with van der Waals surface area (Å²) in [6.07, 6.45) is 1.03. The van der Waals surface area contributed by atoms with Crippen LogP contribution in [0.3, 0.4) is 0 Å². The molecule has 2 aliphatic rings. The maximum absolute atomic E-state index is 13.4. The molecule has 2 aromatic carbocycles. The molecule has 2 amide bonds. The highest BCUT2D eigenvalue weighted by atomic mass is 19.1. The van der Waals surface area contributed by atoms with Crippen LogP contribution in [0.15, 0.2) is 46.9 Å². The molecule has 1 saturated heterocycles. The topological polar surface area (TPSA) is 86.9 Å². The number of nitrogens with zero attached hydrogens (tertiary/aromatic N) is 3. The Morgan fingerprint density at radius 1 is 1.16 bits per heavy atom. The first kappa shape index (κ1) is 19.7. The van der Waals surface area contributed by atoms with Crippen molar-refractivity contribution in [3.8, 4) is 11.5 Å². The lowest BCUT2D eigenvalue weighted by Gasteiger charge is -2.40. The molecule has 31 heavy (non-hydrogen) atoms. The van der Waals surface area contributed by atoms with Crippen molar-refractivity contribution < 1.29 is 23.5 Å². The Morgan fingerprint density at radius 3 is 2.58 bits per heavy atom. The first-order chi connectivity index (χ1) is 14.8. The molecule has 0 unspecified atom stereocenters. The van der Waals surface area contributed by atoms with Crippen LogP contribution in [0.5, 0.6) is 0 Å². The van der Waals surface area contributed by atoms with Crippen molar-refractivity contribution in [3.63, 3.8) is 0 Å². The zero-order chi connectivity index (χ0) is 21.8. The van der Waals surface area contributed by atoms with Gasteiger partial charge in [0.05, 0.1) is 0 Å². The summed E-state index contributed by atoms with van der Waals surface area (Å²) in [6.45, 7) is 3.14. The number of hydrogen-bond donors (Lipinski definition) is 1. The average Bonchev–Trinajstić information content (AvgIpc) is 3.38. The van der Waals surface area contributed by atoms with E-state index < -0.39 is 11.4 Å². The van der Waals surface area contributed by atoms with E-state index in [2.05, 4.69) is 4.98 Å². The van der Waals surface area contributed by atoms with E-state index in [1.54, 1.807) is 40.1 Å². The first-order valence-corrected chi connectivity index (χ1v) is 10.3. The SMILES string of the molecule is C[C@H]1CN(C(=O)c2ccc(-c3nc4ccc(F)cc4o3)cc2)CCN1C(=O)C1(O)CC1. The lowest BCUT2D eigenvalue weighted by atomic mass is 10.1. The lowest BCUT2D eigenvalue weighted by molar-refractivity contribution is -0.146. The molecule has 160 valence electrons. The maximum Gasteiger partial charge on any atom is 0.254 e. The van der Waals surface area contributed by atoms with Crippen molar-refractivity contribution in [2.24, 2.45) is 0 Å². The third kappa shape index (κ3) is 3.57. The van der Waals surface area contributed by atoms with E-state index in [0.29, 0.717) is 60.6 Å². The Hall–Kier alpha value is -3.26. The summed E-state index contributed by atoms with van der Waals surface area (Å²) < 4.78 is 19.0. The van der Waals surface area contributed by atoms with Crippen molar-refractivity contribution in [2.45, 2.75) is 31.4 Å². The summed E-state index contributed by atoms with van der Waals surface area (Å²) in [6, 6.07) is 10.9. The van der Waals surface area contributed by atoms with Crippen LogP contribution in [-0.2, 0) is 4.79 Å². The Labute approximate surface area is 178 Å². The van der Waals surface area contributed by atoms with Crippen molar-refractivity contribution in [2.75, 3.05) is 19.6 Å². The van der Waals surface area contributed by atoms with Gasteiger partial charge >= 0.3 is 0 Å². The summed E-state index contributed by atoms with van der Waals surface area (Å²) in [5.74, 6) is -0.373. The van der Waals surface area contributed by atoms with Crippen molar-refractivity contribution in [3.05, 3.63) is 53.8 Å². The molecule has 1 aliphatic heterocycles. The molecule has 5 rings (SSSR count). The van der Waals surface area contributed by atoms with E-state index in [4.69, 9.17) is 4.42 Å². The van der Waals surface area contributed by atoms with Gasteiger partial charge in [-0.05, 0) is 56.2 Å². The predicted octanol–water partition coefficient (Wildman–Crippen LogP) is 2.83. The predicted molar refractivity (Wildman–Crippen MR) is 111 cm³/mol. The van der Waals surface area contributed by atoms with Crippen LogP contribution in [0.1, 0.15) is 30.1 Å². The number of carbonyl (C=O) groups is 2. The van der Waals surface area contributed by atoms with Gasteiger partial charge in [0.25, 0.3) is 11.8 Å². The summed E-state index contributed by atoms with van der Waals surface area (Å²) >= 11 is 0. The maximum atomic E-state index is 13.4. The largest absolute Gasteiger partial charge is 0.436 e. The molecule has 1 atom stereocenters. The minimum absolute atomic E-state index is 0.115. The van der Waals surface area contributed by atoms with E-state index in [0.717, 1.165) is 0 Å². The van der Waals surface area contributed by atoms with Gasteiger partial charge in [0, 0.05) is 42.9 Å².